The summed E-state index contributed by atoms with van der Waals surface area (Å²) in [6, 6.07) is 0. The molecule has 2 N–H and O–H groups in total. The summed E-state index contributed by atoms with van der Waals surface area (Å²) in [5.74, 6) is 0.570. The number of nitrogens with two attached hydrogens (primary N) is 1. The summed E-state index contributed by atoms with van der Waals surface area (Å²) in [7, 11) is 0. The summed E-state index contributed by atoms with van der Waals surface area (Å²) in [5.41, 5.74) is 5.92. The van der Waals surface area contributed by atoms with Gasteiger partial charge in [-0.25, -0.2) is 0 Å². The summed E-state index contributed by atoms with van der Waals surface area (Å²) in [4.78, 5) is 0. The van der Waals surface area contributed by atoms with Crippen LogP contribution >= 0.6 is 15.9 Å². The maximum absolute atomic E-state index is 5.96. The zero-order valence-corrected chi connectivity index (χ0v) is 10.1. The second-order valence-corrected chi connectivity index (χ2v) is 5.34. The Hall–Kier alpha value is 0.180. The van der Waals surface area contributed by atoms with Gasteiger partial charge in [-0.15, -0.1) is 0 Å². The van der Waals surface area contributed by atoms with Crippen LogP contribution < -0.4 is 5.73 Å². The summed E-state index contributed by atoms with van der Waals surface area (Å²) < 4.78 is 1.21. The minimum Gasteiger partial charge on any atom is -0.325 e. The Morgan fingerprint density at radius 3 is 2.42 bits per heavy atom. The van der Waals surface area contributed by atoms with Crippen LogP contribution in [0.3, 0.4) is 0 Å². The summed E-state index contributed by atoms with van der Waals surface area (Å²) in [5, 5.41) is 0. The van der Waals surface area contributed by atoms with E-state index < -0.39 is 0 Å². The standard InChI is InChI=1S/C10H20BrN/c1-8(10(3,4)12)6-5-7-9(2)11/h7-8H,5-6,12H2,1-4H3. The predicted octanol–water partition coefficient (Wildman–Crippen LogP) is 3.44. The molecule has 0 aromatic carbocycles. The van der Waals surface area contributed by atoms with Gasteiger partial charge in [0.15, 0.2) is 0 Å². The maximum Gasteiger partial charge on any atom is 0.0123 e. The second-order valence-electron chi connectivity index (χ2n) is 4.09. The Bertz CT molecular complexity index is 152. The van der Waals surface area contributed by atoms with Gasteiger partial charge in [-0.1, -0.05) is 28.9 Å². The first-order valence-corrected chi connectivity index (χ1v) is 5.24. The highest BCUT2D eigenvalue weighted by Gasteiger charge is 2.19. The fourth-order valence-corrected chi connectivity index (χ4v) is 1.13. The molecule has 0 saturated heterocycles. The van der Waals surface area contributed by atoms with Gasteiger partial charge in [-0.2, -0.15) is 0 Å². The van der Waals surface area contributed by atoms with Gasteiger partial charge < -0.3 is 5.73 Å². The fourth-order valence-electron chi connectivity index (χ4n) is 0.904. The summed E-state index contributed by atoms with van der Waals surface area (Å²) >= 11 is 3.40. The third kappa shape index (κ3) is 5.78. The lowest BCUT2D eigenvalue weighted by Gasteiger charge is -2.26. The van der Waals surface area contributed by atoms with E-state index in [-0.39, 0.29) is 5.54 Å². The molecule has 12 heavy (non-hydrogen) atoms. The highest BCUT2D eigenvalue weighted by atomic mass is 79.9. The van der Waals surface area contributed by atoms with Crippen molar-refractivity contribution in [1.82, 2.24) is 0 Å². The molecule has 0 saturated carbocycles. The molecule has 0 rings (SSSR count). The Morgan fingerprint density at radius 1 is 1.58 bits per heavy atom. The zero-order chi connectivity index (χ0) is 9.78. The lowest BCUT2D eigenvalue weighted by atomic mass is 9.86. The van der Waals surface area contributed by atoms with Crippen molar-refractivity contribution in [1.29, 1.82) is 0 Å². The molecule has 0 aliphatic rings. The molecule has 0 aromatic heterocycles. The molecule has 1 nitrogen and oxygen atoms in total. The van der Waals surface area contributed by atoms with E-state index in [9.17, 15) is 0 Å². The minimum absolute atomic E-state index is 0.0476. The van der Waals surface area contributed by atoms with Crippen molar-refractivity contribution in [3.63, 3.8) is 0 Å². The molecule has 0 radical (unpaired) electrons. The quantitative estimate of drug-likeness (QED) is 0.792. The van der Waals surface area contributed by atoms with Crippen molar-refractivity contribution < 1.29 is 0 Å². The monoisotopic (exact) mass is 233 g/mol. The van der Waals surface area contributed by atoms with Gasteiger partial charge in [-0.3, -0.25) is 0 Å². The highest BCUT2D eigenvalue weighted by Crippen LogP contribution is 2.19. The van der Waals surface area contributed by atoms with Crippen LogP contribution in [-0.4, -0.2) is 5.54 Å². The molecule has 0 aliphatic heterocycles. The predicted molar refractivity (Wildman–Crippen MR) is 59.3 cm³/mol. The Kier molecular flexibility index (Phi) is 5.10. The smallest absolute Gasteiger partial charge is 0.0123 e. The minimum atomic E-state index is -0.0476. The normalized spacial score (nSPS) is 16.3. The van der Waals surface area contributed by atoms with E-state index in [0.717, 1.165) is 12.8 Å². The molecule has 0 bridgehead atoms. The molecule has 0 fully saturated rings. The number of rotatable bonds is 4. The Morgan fingerprint density at radius 2 is 2.08 bits per heavy atom. The van der Waals surface area contributed by atoms with E-state index in [1.807, 2.05) is 0 Å². The first kappa shape index (κ1) is 12.2. The number of allylic oxidation sites excluding steroid dienone is 2. The molecule has 0 amide bonds. The van der Waals surface area contributed by atoms with E-state index in [2.05, 4.69) is 49.7 Å². The first-order chi connectivity index (χ1) is 5.34. The van der Waals surface area contributed by atoms with Crippen LogP contribution in [0.25, 0.3) is 0 Å². The van der Waals surface area contributed by atoms with Gasteiger partial charge in [0.1, 0.15) is 0 Å². The van der Waals surface area contributed by atoms with Crippen molar-refractivity contribution in [2.75, 3.05) is 0 Å². The average Bonchev–Trinajstić information content (AvgIpc) is 1.84. The number of hydrogen-bond donors (Lipinski definition) is 1. The van der Waals surface area contributed by atoms with Crippen LogP contribution in [0, 0.1) is 5.92 Å². The van der Waals surface area contributed by atoms with Crippen molar-refractivity contribution in [2.24, 2.45) is 11.7 Å². The summed E-state index contributed by atoms with van der Waals surface area (Å²) in [6.07, 6.45) is 4.47. The van der Waals surface area contributed by atoms with Crippen LogP contribution in [0.1, 0.15) is 40.5 Å². The van der Waals surface area contributed by atoms with E-state index in [4.69, 9.17) is 5.73 Å². The van der Waals surface area contributed by atoms with Crippen LogP contribution in [0.15, 0.2) is 10.6 Å². The van der Waals surface area contributed by atoms with E-state index in [0.29, 0.717) is 5.92 Å². The second kappa shape index (κ2) is 5.03. The van der Waals surface area contributed by atoms with Crippen LogP contribution in [0.2, 0.25) is 0 Å². The largest absolute Gasteiger partial charge is 0.325 e. The maximum atomic E-state index is 5.96. The van der Waals surface area contributed by atoms with Crippen molar-refractivity contribution >= 4 is 15.9 Å². The first-order valence-electron chi connectivity index (χ1n) is 4.45. The van der Waals surface area contributed by atoms with Crippen LogP contribution in [0.4, 0.5) is 0 Å². The highest BCUT2D eigenvalue weighted by molar-refractivity contribution is 9.11. The van der Waals surface area contributed by atoms with Crippen LogP contribution in [-0.2, 0) is 0 Å². The zero-order valence-electron chi connectivity index (χ0n) is 8.52. The third-order valence-electron chi connectivity index (χ3n) is 2.30. The Balaban J connectivity index is 3.73. The lowest BCUT2D eigenvalue weighted by molar-refractivity contribution is 0.329. The van der Waals surface area contributed by atoms with E-state index in [1.54, 1.807) is 0 Å². The molecule has 1 unspecified atom stereocenters. The Labute approximate surface area is 84.5 Å². The van der Waals surface area contributed by atoms with Crippen LogP contribution in [0.5, 0.6) is 0 Å². The molecule has 0 heterocycles. The molecular weight excluding hydrogens is 214 g/mol. The van der Waals surface area contributed by atoms with Gasteiger partial charge in [0.25, 0.3) is 0 Å². The average molecular weight is 234 g/mol. The van der Waals surface area contributed by atoms with E-state index >= 15 is 0 Å². The molecular formula is C10H20BrN. The molecule has 0 aliphatic carbocycles. The SMILES string of the molecule is CC(Br)=CCCC(C)C(C)(C)N. The number of halogens is 1. The van der Waals surface area contributed by atoms with Crippen molar-refractivity contribution in [3.05, 3.63) is 10.6 Å². The third-order valence-corrected chi connectivity index (χ3v) is 2.62. The van der Waals surface area contributed by atoms with Gasteiger partial charge in [0.05, 0.1) is 0 Å². The van der Waals surface area contributed by atoms with E-state index in [1.165, 1.54) is 4.48 Å². The summed E-state index contributed by atoms with van der Waals surface area (Å²) in [6.45, 7) is 8.43. The van der Waals surface area contributed by atoms with Gasteiger partial charge in [0, 0.05) is 5.54 Å². The van der Waals surface area contributed by atoms with Crippen molar-refractivity contribution in [2.45, 2.75) is 46.1 Å². The van der Waals surface area contributed by atoms with Gasteiger partial charge in [-0.05, 0) is 44.0 Å². The number of hydrogen-bond acceptors (Lipinski definition) is 1. The lowest BCUT2D eigenvalue weighted by Crippen LogP contribution is -2.39. The van der Waals surface area contributed by atoms with Gasteiger partial charge in [0.2, 0.25) is 0 Å². The molecule has 2 heteroatoms. The van der Waals surface area contributed by atoms with Gasteiger partial charge >= 0.3 is 0 Å². The van der Waals surface area contributed by atoms with Crippen molar-refractivity contribution in [3.8, 4) is 0 Å². The molecule has 0 aromatic rings. The molecule has 72 valence electrons. The topological polar surface area (TPSA) is 26.0 Å². The fraction of sp³-hybridized carbons (Fsp3) is 0.800. The molecule has 1 atom stereocenters. The molecule has 0 spiro atoms.